The molecule has 2 rings (SSSR count). The smallest absolute Gasteiger partial charge is 0.335 e. The number of rotatable bonds is 4. The van der Waals surface area contributed by atoms with Gasteiger partial charge in [0.1, 0.15) is 6.23 Å². The van der Waals surface area contributed by atoms with Gasteiger partial charge >= 0.3 is 5.97 Å². The van der Waals surface area contributed by atoms with E-state index in [4.69, 9.17) is 9.47 Å². The second-order valence-electron chi connectivity index (χ2n) is 5.60. The van der Waals surface area contributed by atoms with E-state index >= 15 is 0 Å². The van der Waals surface area contributed by atoms with Crippen LogP contribution in [0, 0.1) is 0 Å². The van der Waals surface area contributed by atoms with Gasteiger partial charge in [0.25, 0.3) is 0 Å². The highest BCUT2D eigenvalue weighted by molar-refractivity contribution is 5.89. The molecule has 0 aliphatic carbocycles. The number of nitrogens with zero attached hydrogens (tertiary/aromatic N) is 1. The van der Waals surface area contributed by atoms with E-state index in [1.54, 1.807) is 0 Å². The maximum absolute atomic E-state index is 11.8. The standard InChI is InChI=1S/C17H25NO3/c1-5-6-12(2)14-9-10-18-13(3)15(17(19)20-4)7-8-16(18)21-11-14/h9,16H,2,5-8,10-11H2,1,3-4H3. The Morgan fingerprint density at radius 1 is 1.57 bits per heavy atom. The Labute approximate surface area is 127 Å². The Kier molecular flexibility index (Phi) is 5.23. The summed E-state index contributed by atoms with van der Waals surface area (Å²) in [6.45, 7) is 9.65. The third-order valence-electron chi connectivity index (χ3n) is 4.26. The summed E-state index contributed by atoms with van der Waals surface area (Å²) < 4.78 is 10.9. The molecular weight excluding hydrogens is 266 g/mol. The molecule has 0 spiro atoms. The van der Waals surface area contributed by atoms with Crippen molar-refractivity contribution in [1.82, 2.24) is 4.90 Å². The number of methoxy groups -OCH3 is 1. The summed E-state index contributed by atoms with van der Waals surface area (Å²) in [7, 11) is 1.43. The van der Waals surface area contributed by atoms with Crippen LogP contribution in [-0.2, 0) is 14.3 Å². The van der Waals surface area contributed by atoms with E-state index in [0.717, 1.165) is 42.7 Å². The molecule has 21 heavy (non-hydrogen) atoms. The van der Waals surface area contributed by atoms with Crippen molar-refractivity contribution in [3.8, 4) is 0 Å². The average Bonchev–Trinajstić information content (AvgIpc) is 2.70. The molecule has 2 heterocycles. The van der Waals surface area contributed by atoms with Crippen molar-refractivity contribution >= 4 is 5.97 Å². The summed E-state index contributed by atoms with van der Waals surface area (Å²) in [6.07, 6.45) is 5.86. The highest BCUT2D eigenvalue weighted by Crippen LogP contribution is 2.31. The third-order valence-corrected chi connectivity index (χ3v) is 4.26. The van der Waals surface area contributed by atoms with Crippen molar-refractivity contribution in [2.24, 2.45) is 0 Å². The van der Waals surface area contributed by atoms with E-state index in [1.807, 2.05) is 6.92 Å². The lowest BCUT2D eigenvalue weighted by molar-refractivity contribution is -0.137. The van der Waals surface area contributed by atoms with E-state index in [9.17, 15) is 4.79 Å². The molecule has 0 amide bonds. The predicted molar refractivity (Wildman–Crippen MR) is 82.5 cm³/mol. The Hall–Kier alpha value is -1.55. The Morgan fingerprint density at radius 3 is 3.00 bits per heavy atom. The second kappa shape index (κ2) is 6.94. The molecule has 0 aromatic heterocycles. The molecule has 0 fully saturated rings. The summed E-state index contributed by atoms with van der Waals surface area (Å²) in [4.78, 5) is 14.0. The number of hydrogen-bond donors (Lipinski definition) is 0. The van der Waals surface area contributed by atoms with Crippen LogP contribution >= 0.6 is 0 Å². The SMILES string of the molecule is C=C(CCC)C1=CCN2C(C)=C(C(=O)OC)CCC2OC1. The van der Waals surface area contributed by atoms with E-state index < -0.39 is 0 Å². The maximum atomic E-state index is 11.8. The fourth-order valence-electron chi connectivity index (χ4n) is 2.96. The lowest BCUT2D eigenvalue weighted by Crippen LogP contribution is -2.39. The molecule has 2 aliphatic rings. The first-order valence-electron chi connectivity index (χ1n) is 7.62. The number of ether oxygens (including phenoxy) is 2. The quantitative estimate of drug-likeness (QED) is 0.746. The van der Waals surface area contributed by atoms with Gasteiger partial charge in [-0.25, -0.2) is 4.79 Å². The molecule has 0 saturated heterocycles. The van der Waals surface area contributed by atoms with Gasteiger partial charge < -0.3 is 14.4 Å². The van der Waals surface area contributed by atoms with Gasteiger partial charge in [0.2, 0.25) is 0 Å². The van der Waals surface area contributed by atoms with Crippen LogP contribution in [0.2, 0.25) is 0 Å². The fourth-order valence-corrected chi connectivity index (χ4v) is 2.96. The average molecular weight is 291 g/mol. The van der Waals surface area contributed by atoms with Crippen LogP contribution in [0.1, 0.15) is 39.5 Å². The van der Waals surface area contributed by atoms with E-state index in [0.29, 0.717) is 13.0 Å². The topological polar surface area (TPSA) is 38.8 Å². The van der Waals surface area contributed by atoms with E-state index in [1.165, 1.54) is 12.7 Å². The monoisotopic (exact) mass is 291 g/mol. The molecule has 4 nitrogen and oxygen atoms in total. The molecule has 0 radical (unpaired) electrons. The molecule has 0 bridgehead atoms. The number of hydrogen-bond acceptors (Lipinski definition) is 4. The third kappa shape index (κ3) is 3.38. The molecular formula is C17H25NO3. The van der Waals surface area contributed by atoms with Gasteiger partial charge in [-0.3, -0.25) is 0 Å². The highest BCUT2D eigenvalue weighted by atomic mass is 16.5. The normalized spacial score (nSPS) is 22.3. The molecule has 116 valence electrons. The lowest BCUT2D eigenvalue weighted by atomic mass is 10.0. The number of carbonyl (C=O) groups is 1. The van der Waals surface area contributed by atoms with Crippen molar-refractivity contribution in [1.29, 1.82) is 0 Å². The number of allylic oxidation sites excluding steroid dienone is 1. The fraction of sp³-hybridized carbons (Fsp3) is 0.588. The first-order chi connectivity index (χ1) is 10.1. The van der Waals surface area contributed by atoms with Crippen molar-refractivity contribution in [3.05, 3.63) is 35.1 Å². The van der Waals surface area contributed by atoms with Crippen molar-refractivity contribution in [2.45, 2.75) is 45.8 Å². The Morgan fingerprint density at radius 2 is 2.33 bits per heavy atom. The zero-order chi connectivity index (χ0) is 15.4. The summed E-state index contributed by atoms with van der Waals surface area (Å²) in [5.41, 5.74) is 4.09. The zero-order valence-electron chi connectivity index (χ0n) is 13.3. The Balaban J connectivity index is 2.18. The summed E-state index contributed by atoms with van der Waals surface area (Å²) in [5.74, 6) is -0.227. The van der Waals surface area contributed by atoms with Crippen LogP contribution in [0.15, 0.2) is 35.1 Å². The second-order valence-corrected chi connectivity index (χ2v) is 5.60. The summed E-state index contributed by atoms with van der Waals surface area (Å²) in [5, 5.41) is 0. The van der Waals surface area contributed by atoms with Crippen molar-refractivity contribution in [3.63, 3.8) is 0 Å². The predicted octanol–water partition coefficient (Wildman–Crippen LogP) is 3.17. The molecule has 0 aromatic carbocycles. The van der Waals surface area contributed by atoms with Gasteiger partial charge in [-0.1, -0.05) is 26.0 Å². The van der Waals surface area contributed by atoms with Crippen LogP contribution in [0.4, 0.5) is 0 Å². The first kappa shape index (κ1) is 15.8. The molecule has 0 saturated carbocycles. The molecule has 1 atom stereocenters. The van der Waals surface area contributed by atoms with Gasteiger partial charge in [0.15, 0.2) is 0 Å². The molecule has 0 aromatic rings. The van der Waals surface area contributed by atoms with Gasteiger partial charge in [-0.05, 0) is 37.3 Å². The van der Waals surface area contributed by atoms with Crippen LogP contribution in [0.5, 0.6) is 0 Å². The van der Waals surface area contributed by atoms with E-state index in [-0.39, 0.29) is 12.2 Å². The molecule has 0 N–H and O–H groups in total. The van der Waals surface area contributed by atoms with Crippen LogP contribution in [-0.4, -0.2) is 37.4 Å². The highest BCUT2D eigenvalue weighted by Gasteiger charge is 2.31. The van der Waals surface area contributed by atoms with Gasteiger partial charge in [-0.2, -0.15) is 0 Å². The van der Waals surface area contributed by atoms with Crippen LogP contribution in [0.3, 0.4) is 0 Å². The minimum absolute atomic E-state index is 0.0431. The zero-order valence-corrected chi connectivity index (χ0v) is 13.3. The van der Waals surface area contributed by atoms with E-state index in [2.05, 4.69) is 24.5 Å². The number of fused-ring (bicyclic) bond motifs is 1. The largest absolute Gasteiger partial charge is 0.466 e. The minimum Gasteiger partial charge on any atom is -0.466 e. The maximum Gasteiger partial charge on any atom is 0.335 e. The minimum atomic E-state index is -0.227. The van der Waals surface area contributed by atoms with Gasteiger partial charge in [0.05, 0.1) is 19.3 Å². The van der Waals surface area contributed by atoms with Crippen molar-refractivity contribution < 1.29 is 14.3 Å². The van der Waals surface area contributed by atoms with Crippen molar-refractivity contribution in [2.75, 3.05) is 20.3 Å². The molecule has 1 unspecified atom stereocenters. The lowest BCUT2D eigenvalue weighted by Gasteiger charge is -2.36. The molecule has 2 aliphatic heterocycles. The van der Waals surface area contributed by atoms with Gasteiger partial charge in [0, 0.05) is 12.2 Å². The summed E-state index contributed by atoms with van der Waals surface area (Å²) >= 11 is 0. The summed E-state index contributed by atoms with van der Waals surface area (Å²) in [6, 6.07) is 0. The molecule has 4 heteroatoms. The van der Waals surface area contributed by atoms with Crippen LogP contribution in [0.25, 0.3) is 0 Å². The number of esters is 1. The number of carbonyl (C=O) groups excluding carboxylic acids is 1. The van der Waals surface area contributed by atoms with Gasteiger partial charge in [-0.15, -0.1) is 0 Å². The van der Waals surface area contributed by atoms with Crippen LogP contribution < -0.4 is 0 Å². The Bertz CT molecular complexity index is 490. The first-order valence-corrected chi connectivity index (χ1v) is 7.62.